The Kier molecular flexibility index (Phi) is 3.07. The van der Waals surface area contributed by atoms with Crippen LogP contribution in [0.4, 0.5) is 10.8 Å². The molecule has 2 heterocycles. The Balaban J connectivity index is 1.87. The van der Waals surface area contributed by atoms with Crippen LogP contribution in [-0.2, 0) is 0 Å². The molecule has 1 aromatic carbocycles. The van der Waals surface area contributed by atoms with Crippen molar-refractivity contribution in [3.05, 3.63) is 46.3 Å². The van der Waals surface area contributed by atoms with Gasteiger partial charge in [0.1, 0.15) is 12.0 Å². The number of thiazole rings is 1. The summed E-state index contributed by atoms with van der Waals surface area (Å²) in [5.41, 5.74) is 1.57. The number of anilines is 1. The van der Waals surface area contributed by atoms with Gasteiger partial charge in [-0.05, 0) is 13.0 Å². The van der Waals surface area contributed by atoms with Crippen LogP contribution in [0.25, 0.3) is 10.2 Å². The molecule has 8 heteroatoms. The van der Waals surface area contributed by atoms with Gasteiger partial charge in [0.05, 0.1) is 21.2 Å². The van der Waals surface area contributed by atoms with Crippen molar-refractivity contribution in [2.75, 3.05) is 5.32 Å². The van der Waals surface area contributed by atoms with Gasteiger partial charge >= 0.3 is 0 Å². The fraction of sp³-hybridized carbons (Fsp3) is 0.167. The van der Waals surface area contributed by atoms with Crippen molar-refractivity contribution in [2.24, 2.45) is 0 Å². The molecule has 0 spiro atoms. The van der Waals surface area contributed by atoms with E-state index in [1.54, 1.807) is 12.1 Å². The van der Waals surface area contributed by atoms with E-state index in [-0.39, 0.29) is 11.7 Å². The summed E-state index contributed by atoms with van der Waals surface area (Å²) < 4.78 is 5.56. The normalized spacial score (nSPS) is 12.4. The molecule has 3 aromatic rings. The van der Waals surface area contributed by atoms with Gasteiger partial charge < -0.3 is 9.84 Å². The highest BCUT2D eigenvalue weighted by molar-refractivity contribution is 7.22. The lowest BCUT2D eigenvalue weighted by Gasteiger charge is -2.08. The number of rotatable bonds is 4. The summed E-state index contributed by atoms with van der Waals surface area (Å²) in [7, 11) is 0. The molecule has 0 saturated carbocycles. The maximum Gasteiger partial charge on any atom is 0.270 e. The number of nitrogens with one attached hydrogen (secondary N) is 1. The third kappa shape index (κ3) is 2.32. The third-order valence-electron chi connectivity index (χ3n) is 2.82. The standard InChI is InChI=1S/C12H10N4O3S/c1-7(9-4-5-19-15-9)13-12-14-10-3-2-8(16(17)18)6-11(10)20-12/h2-7H,1H3,(H,13,14)/t7-/m0/s1. The van der Waals surface area contributed by atoms with E-state index in [0.29, 0.717) is 5.13 Å². The summed E-state index contributed by atoms with van der Waals surface area (Å²) >= 11 is 1.37. The summed E-state index contributed by atoms with van der Waals surface area (Å²) in [5.74, 6) is 0. The van der Waals surface area contributed by atoms with Gasteiger partial charge in [0.25, 0.3) is 5.69 Å². The fourth-order valence-corrected chi connectivity index (χ4v) is 2.78. The summed E-state index contributed by atoms with van der Waals surface area (Å²) in [6, 6.07) is 6.35. The van der Waals surface area contributed by atoms with E-state index in [4.69, 9.17) is 4.52 Å². The smallest absolute Gasteiger partial charge is 0.270 e. The molecule has 0 aliphatic heterocycles. The van der Waals surface area contributed by atoms with Crippen molar-refractivity contribution in [2.45, 2.75) is 13.0 Å². The number of fused-ring (bicyclic) bond motifs is 1. The Labute approximate surface area is 117 Å². The van der Waals surface area contributed by atoms with Gasteiger partial charge in [0, 0.05) is 18.2 Å². The van der Waals surface area contributed by atoms with Crippen LogP contribution in [0.15, 0.2) is 35.1 Å². The van der Waals surface area contributed by atoms with Crippen molar-refractivity contribution in [3.8, 4) is 0 Å². The SMILES string of the molecule is C[C@H](Nc1nc2ccc([N+](=O)[O-])cc2s1)c1ccon1. The number of nitrogens with zero attached hydrogens (tertiary/aromatic N) is 3. The molecule has 0 unspecified atom stereocenters. The van der Waals surface area contributed by atoms with Crippen molar-refractivity contribution in [3.63, 3.8) is 0 Å². The van der Waals surface area contributed by atoms with Crippen LogP contribution >= 0.6 is 11.3 Å². The second-order valence-electron chi connectivity index (χ2n) is 4.22. The Morgan fingerprint density at radius 2 is 2.30 bits per heavy atom. The molecule has 0 saturated heterocycles. The van der Waals surface area contributed by atoms with Gasteiger partial charge in [-0.1, -0.05) is 16.5 Å². The highest BCUT2D eigenvalue weighted by atomic mass is 32.1. The first-order chi connectivity index (χ1) is 9.63. The van der Waals surface area contributed by atoms with Crippen molar-refractivity contribution in [1.82, 2.24) is 10.1 Å². The zero-order valence-corrected chi connectivity index (χ0v) is 11.3. The molecule has 0 bridgehead atoms. The molecule has 2 aromatic heterocycles. The number of non-ortho nitro benzene ring substituents is 1. The second kappa shape index (κ2) is 4.89. The highest BCUT2D eigenvalue weighted by Gasteiger charge is 2.13. The molecule has 1 N–H and O–H groups in total. The first kappa shape index (κ1) is 12.5. The van der Waals surface area contributed by atoms with Gasteiger partial charge in [-0.2, -0.15) is 0 Å². The maximum atomic E-state index is 10.7. The molecule has 1 atom stereocenters. The van der Waals surface area contributed by atoms with E-state index in [1.807, 2.05) is 6.92 Å². The minimum absolute atomic E-state index is 0.0516. The van der Waals surface area contributed by atoms with E-state index < -0.39 is 4.92 Å². The van der Waals surface area contributed by atoms with E-state index in [9.17, 15) is 10.1 Å². The van der Waals surface area contributed by atoms with Crippen LogP contribution in [-0.4, -0.2) is 15.1 Å². The van der Waals surface area contributed by atoms with Crippen LogP contribution < -0.4 is 5.32 Å². The van der Waals surface area contributed by atoms with E-state index >= 15 is 0 Å². The van der Waals surface area contributed by atoms with Crippen LogP contribution in [0.2, 0.25) is 0 Å². The van der Waals surface area contributed by atoms with Gasteiger partial charge in [-0.25, -0.2) is 4.98 Å². The lowest BCUT2D eigenvalue weighted by atomic mass is 10.2. The quantitative estimate of drug-likeness (QED) is 0.584. The Bertz CT molecular complexity index is 753. The third-order valence-corrected chi connectivity index (χ3v) is 3.77. The molecule has 20 heavy (non-hydrogen) atoms. The average molecular weight is 290 g/mol. The van der Waals surface area contributed by atoms with E-state index in [0.717, 1.165) is 15.9 Å². The van der Waals surface area contributed by atoms with Crippen LogP contribution in [0.3, 0.4) is 0 Å². The summed E-state index contributed by atoms with van der Waals surface area (Å²) in [4.78, 5) is 14.7. The minimum Gasteiger partial charge on any atom is -0.364 e. The molecule has 3 rings (SSSR count). The predicted octanol–water partition coefficient (Wildman–Crippen LogP) is 3.37. The van der Waals surface area contributed by atoms with Crippen LogP contribution in [0.1, 0.15) is 18.7 Å². The molecule has 7 nitrogen and oxygen atoms in total. The summed E-state index contributed by atoms with van der Waals surface area (Å²) in [5, 5.41) is 18.5. The number of nitro groups is 1. The molecule has 0 amide bonds. The number of hydrogen-bond donors (Lipinski definition) is 1. The monoisotopic (exact) mass is 290 g/mol. The predicted molar refractivity (Wildman–Crippen MR) is 74.8 cm³/mol. The van der Waals surface area contributed by atoms with E-state index in [2.05, 4.69) is 15.5 Å². The van der Waals surface area contributed by atoms with Crippen molar-refractivity contribution < 1.29 is 9.45 Å². The molecule has 0 fully saturated rings. The summed E-state index contributed by atoms with van der Waals surface area (Å²) in [6.45, 7) is 1.94. The topological polar surface area (TPSA) is 94.1 Å². The Morgan fingerprint density at radius 1 is 1.45 bits per heavy atom. The number of nitro benzene ring substituents is 1. The lowest BCUT2D eigenvalue weighted by molar-refractivity contribution is -0.384. The Morgan fingerprint density at radius 3 is 3.00 bits per heavy atom. The molecule has 0 aliphatic carbocycles. The minimum atomic E-state index is -0.412. The van der Waals surface area contributed by atoms with Crippen molar-refractivity contribution >= 4 is 32.4 Å². The van der Waals surface area contributed by atoms with Crippen LogP contribution in [0.5, 0.6) is 0 Å². The lowest BCUT2D eigenvalue weighted by Crippen LogP contribution is -2.06. The van der Waals surface area contributed by atoms with Gasteiger partial charge in [0.2, 0.25) is 0 Å². The first-order valence-corrected chi connectivity index (χ1v) is 6.67. The zero-order valence-electron chi connectivity index (χ0n) is 10.4. The molecule has 102 valence electrons. The maximum absolute atomic E-state index is 10.7. The van der Waals surface area contributed by atoms with Crippen molar-refractivity contribution in [1.29, 1.82) is 0 Å². The molecular formula is C12H10N4O3S. The van der Waals surface area contributed by atoms with Crippen LogP contribution in [0, 0.1) is 10.1 Å². The second-order valence-corrected chi connectivity index (χ2v) is 5.25. The average Bonchev–Trinajstić information content (AvgIpc) is 3.06. The molecule has 0 aliphatic rings. The van der Waals surface area contributed by atoms with Gasteiger partial charge in [-0.15, -0.1) is 0 Å². The van der Waals surface area contributed by atoms with Gasteiger partial charge in [0.15, 0.2) is 5.13 Å². The summed E-state index contributed by atoms with van der Waals surface area (Å²) in [6.07, 6.45) is 1.51. The fourth-order valence-electron chi connectivity index (χ4n) is 1.79. The first-order valence-electron chi connectivity index (χ1n) is 5.85. The number of aromatic nitrogens is 2. The number of benzene rings is 1. The molecular weight excluding hydrogens is 280 g/mol. The Hall–Kier alpha value is -2.48. The highest BCUT2D eigenvalue weighted by Crippen LogP contribution is 2.30. The molecule has 0 radical (unpaired) electrons. The zero-order chi connectivity index (χ0) is 14.1. The van der Waals surface area contributed by atoms with E-state index in [1.165, 1.54) is 29.7 Å². The van der Waals surface area contributed by atoms with Gasteiger partial charge in [-0.3, -0.25) is 10.1 Å². The number of hydrogen-bond acceptors (Lipinski definition) is 7. The largest absolute Gasteiger partial charge is 0.364 e.